The van der Waals surface area contributed by atoms with Crippen molar-refractivity contribution in [3.05, 3.63) is 64.7 Å². The fraction of sp³-hybridized carbons (Fsp3) is 0.0667. The predicted molar refractivity (Wildman–Crippen MR) is 76.4 cm³/mol. The van der Waals surface area contributed by atoms with Gasteiger partial charge < -0.3 is 4.74 Å². The van der Waals surface area contributed by atoms with E-state index in [1.165, 1.54) is 6.07 Å². The van der Waals surface area contributed by atoms with E-state index >= 15 is 0 Å². The molecular weight excluding hydrogens is 276 g/mol. The fourth-order valence-corrected chi connectivity index (χ4v) is 1.73. The summed E-state index contributed by atoms with van der Waals surface area (Å²) >= 11 is 5.81. The molecule has 2 rings (SSSR count). The van der Waals surface area contributed by atoms with Gasteiger partial charge in [0.05, 0.1) is 10.6 Å². The molecule has 1 amide bonds. The number of hydrogen-bond acceptors (Lipinski definition) is 3. The summed E-state index contributed by atoms with van der Waals surface area (Å²) in [6, 6.07) is 15.9. The maximum absolute atomic E-state index is 11.6. The van der Waals surface area contributed by atoms with E-state index in [2.05, 4.69) is 5.32 Å². The Morgan fingerprint density at radius 2 is 2.00 bits per heavy atom. The Morgan fingerprint density at radius 1 is 1.25 bits per heavy atom. The minimum atomic E-state index is -0.583. The van der Waals surface area contributed by atoms with E-state index in [9.17, 15) is 4.79 Å². The van der Waals surface area contributed by atoms with E-state index in [0.717, 1.165) is 5.56 Å². The molecule has 0 fully saturated rings. The van der Waals surface area contributed by atoms with Crippen molar-refractivity contribution >= 4 is 23.4 Å². The lowest BCUT2D eigenvalue weighted by molar-refractivity contribution is 0.155. The fourth-order valence-electron chi connectivity index (χ4n) is 1.57. The number of nitriles is 1. The van der Waals surface area contributed by atoms with Gasteiger partial charge in [0.25, 0.3) is 0 Å². The third-order valence-electron chi connectivity index (χ3n) is 2.55. The van der Waals surface area contributed by atoms with E-state index < -0.39 is 6.09 Å². The van der Waals surface area contributed by atoms with Crippen LogP contribution in [0.3, 0.4) is 0 Å². The highest BCUT2D eigenvalue weighted by molar-refractivity contribution is 6.31. The minimum Gasteiger partial charge on any atom is -0.444 e. The molecule has 2 aromatic rings. The van der Waals surface area contributed by atoms with Crippen LogP contribution < -0.4 is 5.32 Å². The van der Waals surface area contributed by atoms with Crippen LogP contribution in [0.5, 0.6) is 0 Å². The number of amides is 1. The first-order valence-corrected chi connectivity index (χ1v) is 6.24. The van der Waals surface area contributed by atoms with Crippen LogP contribution in [0.4, 0.5) is 10.5 Å². The summed E-state index contributed by atoms with van der Waals surface area (Å²) < 4.78 is 5.07. The smallest absolute Gasteiger partial charge is 0.411 e. The van der Waals surface area contributed by atoms with E-state index in [1.54, 1.807) is 12.1 Å². The van der Waals surface area contributed by atoms with Gasteiger partial charge in [0, 0.05) is 5.69 Å². The Bertz CT molecular complexity index is 651. The van der Waals surface area contributed by atoms with Crippen LogP contribution >= 0.6 is 11.6 Å². The van der Waals surface area contributed by atoms with E-state index in [4.69, 9.17) is 21.6 Å². The van der Waals surface area contributed by atoms with Crippen LogP contribution in [0.1, 0.15) is 11.1 Å². The molecule has 0 unspecified atom stereocenters. The number of nitrogens with zero attached hydrogens (tertiary/aromatic N) is 1. The first kappa shape index (κ1) is 13.9. The maximum atomic E-state index is 11.6. The highest BCUT2D eigenvalue weighted by Crippen LogP contribution is 2.19. The third kappa shape index (κ3) is 3.74. The normalized spacial score (nSPS) is 9.60. The zero-order valence-electron chi connectivity index (χ0n) is 10.5. The lowest BCUT2D eigenvalue weighted by atomic mass is 10.2. The van der Waals surface area contributed by atoms with Crippen LogP contribution in [0.25, 0.3) is 0 Å². The molecular formula is C15H11ClN2O2. The number of nitrogens with one attached hydrogen (secondary N) is 1. The van der Waals surface area contributed by atoms with Crippen molar-refractivity contribution < 1.29 is 9.53 Å². The molecule has 5 heteroatoms. The molecule has 0 aliphatic rings. The molecule has 0 heterocycles. The third-order valence-corrected chi connectivity index (χ3v) is 2.88. The monoisotopic (exact) mass is 286 g/mol. The van der Waals surface area contributed by atoms with Crippen molar-refractivity contribution in [1.82, 2.24) is 0 Å². The summed E-state index contributed by atoms with van der Waals surface area (Å²) in [6.45, 7) is 0.186. The van der Waals surface area contributed by atoms with E-state index in [0.29, 0.717) is 16.3 Å². The number of rotatable bonds is 3. The molecule has 100 valence electrons. The second-order valence-corrected chi connectivity index (χ2v) is 4.40. The molecule has 2 aromatic carbocycles. The summed E-state index contributed by atoms with van der Waals surface area (Å²) in [5.41, 5.74) is 1.66. The molecule has 0 aromatic heterocycles. The summed E-state index contributed by atoms with van der Waals surface area (Å²) in [5.74, 6) is 0. The molecule has 1 N–H and O–H groups in total. The molecule has 20 heavy (non-hydrogen) atoms. The zero-order valence-corrected chi connectivity index (χ0v) is 11.2. The zero-order chi connectivity index (χ0) is 14.4. The summed E-state index contributed by atoms with van der Waals surface area (Å²) in [4.78, 5) is 11.6. The Morgan fingerprint density at radius 3 is 2.70 bits per heavy atom. The van der Waals surface area contributed by atoms with Gasteiger partial charge in [0.1, 0.15) is 12.7 Å². The topological polar surface area (TPSA) is 62.1 Å². The van der Waals surface area contributed by atoms with Crippen LogP contribution in [0.15, 0.2) is 48.5 Å². The van der Waals surface area contributed by atoms with Crippen molar-refractivity contribution in [2.75, 3.05) is 5.32 Å². The van der Waals surface area contributed by atoms with Gasteiger partial charge in [-0.1, -0.05) is 41.9 Å². The Balaban J connectivity index is 1.93. The molecule has 0 atom stereocenters. The van der Waals surface area contributed by atoms with Gasteiger partial charge in [0.15, 0.2) is 0 Å². The standard InChI is InChI=1S/C15H11ClN2O2/c16-14-7-6-13(8-12(14)9-17)18-15(19)20-10-11-4-2-1-3-5-11/h1-8H,10H2,(H,18,19). The molecule has 0 saturated carbocycles. The van der Waals surface area contributed by atoms with Gasteiger partial charge in [0.2, 0.25) is 0 Å². The first-order valence-electron chi connectivity index (χ1n) is 5.86. The van der Waals surface area contributed by atoms with Crippen molar-refractivity contribution in [1.29, 1.82) is 5.26 Å². The largest absolute Gasteiger partial charge is 0.444 e. The molecule has 0 aliphatic heterocycles. The summed E-state index contributed by atoms with van der Waals surface area (Å²) in [6.07, 6.45) is -0.583. The highest BCUT2D eigenvalue weighted by Gasteiger charge is 2.06. The summed E-state index contributed by atoms with van der Waals surface area (Å²) in [5, 5.41) is 11.7. The van der Waals surface area contributed by atoms with Gasteiger partial charge in [-0.05, 0) is 23.8 Å². The molecule has 0 aliphatic carbocycles. The van der Waals surface area contributed by atoms with E-state index in [-0.39, 0.29) is 6.61 Å². The van der Waals surface area contributed by atoms with Crippen molar-refractivity contribution in [2.24, 2.45) is 0 Å². The van der Waals surface area contributed by atoms with E-state index in [1.807, 2.05) is 36.4 Å². The average Bonchev–Trinajstić information content (AvgIpc) is 2.48. The average molecular weight is 287 g/mol. The van der Waals surface area contributed by atoms with Crippen molar-refractivity contribution in [2.45, 2.75) is 6.61 Å². The predicted octanol–water partition coefficient (Wildman–Crippen LogP) is 3.96. The highest BCUT2D eigenvalue weighted by atomic mass is 35.5. The maximum Gasteiger partial charge on any atom is 0.411 e. The van der Waals surface area contributed by atoms with Gasteiger partial charge >= 0.3 is 6.09 Å². The molecule has 4 nitrogen and oxygen atoms in total. The first-order chi connectivity index (χ1) is 9.69. The van der Waals surface area contributed by atoms with Crippen LogP contribution in [0.2, 0.25) is 5.02 Å². The van der Waals surface area contributed by atoms with Crippen LogP contribution in [-0.4, -0.2) is 6.09 Å². The quantitative estimate of drug-likeness (QED) is 0.929. The Hall–Kier alpha value is -2.51. The van der Waals surface area contributed by atoms with Crippen molar-refractivity contribution in [3.8, 4) is 6.07 Å². The van der Waals surface area contributed by atoms with Gasteiger partial charge in [-0.25, -0.2) is 4.79 Å². The molecule has 0 radical (unpaired) electrons. The Kier molecular flexibility index (Phi) is 4.59. The lowest BCUT2D eigenvalue weighted by Crippen LogP contribution is -2.13. The minimum absolute atomic E-state index is 0.186. The number of ether oxygens (including phenoxy) is 1. The number of benzene rings is 2. The molecule has 0 bridgehead atoms. The van der Waals surface area contributed by atoms with Gasteiger partial charge in [-0.15, -0.1) is 0 Å². The molecule has 0 saturated heterocycles. The molecule has 0 spiro atoms. The number of carbonyl (C=O) groups excluding carboxylic acids is 1. The lowest BCUT2D eigenvalue weighted by Gasteiger charge is -2.07. The number of carbonyl (C=O) groups is 1. The van der Waals surface area contributed by atoms with Gasteiger partial charge in [-0.2, -0.15) is 5.26 Å². The summed E-state index contributed by atoms with van der Waals surface area (Å²) in [7, 11) is 0. The number of hydrogen-bond donors (Lipinski definition) is 1. The van der Waals surface area contributed by atoms with Gasteiger partial charge in [-0.3, -0.25) is 5.32 Å². The van der Waals surface area contributed by atoms with Crippen LogP contribution in [-0.2, 0) is 11.3 Å². The number of halogens is 1. The van der Waals surface area contributed by atoms with Crippen LogP contribution in [0, 0.1) is 11.3 Å². The Labute approximate surface area is 121 Å². The second-order valence-electron chi connectivity index (χ2n) is 3.99. The second kappa shape index (κ2) is 6.60. The SMILES string of the molecule is N#Cc1cc(NC(=O)OCc2ccccc2)ccc1Cl. The van der Waals surface area contributed by atoms with Crippen molar-refractivity contribution in [3.63, 3.8) is 0 Å². The number of anilines is 1.